The molecule has 0 radical (unpaired) electrons. The average molecular weight is 405 g/mol. The van der Waals surface area contributed by atoms with E-state index in [-0.39, 0.29) is 29.1 Å². The normalized spacial score (nSPS) is 20.7. The molecule has 1 saturated heterocycles. The fourth-order valence-electron chi connectivity index (χ4n) is 3.56. The SMILES string of the molecule is COc1ccc(OC)c(NC(=O)c2cc(C3CC3)n(C3CCS(=O)(=O)C3)n2)c1. The summed E-state index contributed by atoms with van der Waals surface area (Å²) in [7, 11) is 0.0403. The first-order chi connectivity index (χ1) is 13.4. The van der Waals surface area contributed by atoms with Gasteiger partial charge >= 0.3 is 0 Å². The monoisotopic (exact) mass is 405 g/mol. The van der Waals surface area contributed by atoms with Crippen molar-refractivity contribution in [2.45, 2.75) is 31.2 Å². The number of hydrogen-bond acceptors (Lipinski definition) is 6. The van der Waals surface area contributed by atoms with Crippen molar-refractivity contribution in [1.29, 1.82) is 0 Å². The zero-order valence-corrected chi connectivity index (χ0v) is 16.7. The molecule has 0 spiro atoms. The predicted octanol–water partition coefficient (Wildman–Crippen LogP) is 2.39. The van der Waals surface area contributed by atoms with Gasteiger partial charge in [0.15, 0.2) is 15.5 Å². The Morgan fingerprint density at radius 3 is 2.57 bits per heavy atom. The molecule has 1 aromatic heterocycles. The van der Waals surface area contributed by atoms with E-state index >= 15 is 0 Å². The Morgan fingerprint density at radius 1 is 1.18 bits per heavy atom. The van der Waals surface area contributed by atoms with Crippen LogP contribution in [0.3, 0.4) is 0 Å². The molecule has 0 bridgehead atoms. The maximum absolute atomic E-state index is 12.8. The molecule has 2 heterocycles. The smallest absolute Gasteiger partial charge is 0.276 e. The second-order valence-electron chi connectivity index (χ2n) is 7.25. The molecule has 1 amide bonds. The molecular weight excluding hydrogens is 382 g/mol. The third-order valence-electron chi connectivity index (χ3n) is 5.20. The molecule has 8 nitrogen and oxygen atoms in total. The third-order valence-corrected chi connectivity index (χ3v) is 6.95. The molecule has 1 aliphatic heterocycles. The summed E-state index contributed by atoms with van der Waals surface area (Å²) in [5, 5.41) is 7.30. The number of aromatic nitrogens is 2. The molecule has 1 aromatic carbocycles. The van der Waals surface area contributed by atoms with Gasteiger partial charge in [-0.05, 0) is 37.5 Å². The highest BCUT2D eigenvalue weighted by Gasteiger charge is 2.36. The van der Waals surface area contributed by atoms with Crippen molar-refractivity contribution >= 4 is 21.4 Å². The van der Waals surface area contributed by atoms with Gasteiger partial charge < -0.3 is 14.8 Å². The topological polar surface area (TPSA) is 99.5 Å². The van der Waals surface area contributed by atoms with E-state index in [2.05, 4.69) is 10.4 Å². The minimum absolute atomic E-state index is 0.0825. The number of methoxy groups -OCH3 is 2. The molecule has 4 rings (SSSR count). The highest BCUT2D eigenvalue weighted by molar-refractivity contribution is 7.91. The van der Waals surface area contributed by atoms with Crippen LogP contribution in [0.25, 0.3) is 0 Å². The van der Waals surface area contributed by atoms with Gasteiger partial charge in [0.05, 0.1) is 37.5 Å². The fourth-order valence-corrected chi connectivity index (χ4v) is 5.25. The summed E-state index contributed by atoms with van der Waals surface area (Å²) >= 11 is 0. The number of sulfone groups is 1. The number of carbonyl (C=O) groups is 1. The fraction of sp³-hybridized carbons (Fsp3) is 0.474. The van der Waals surface area contributed by atoms with E-state index < -0.39 is 9.84 Å². The zero-order chi connectivity index (χ0) is 19.9. The standard InChI is InChI=1S/C19H23N3O5S/c1-26-14-5-6-18(27-2)15(9-14)20-19(23)16-10-17(12-3-4-12)22(21-16)13-7-8-28(24,25)11-13/h5-6,9-10,12-13H,3-4,7-8,11H2,1-2H3,(H,20,23). The lowest BCUT2D eigenvalue weighted by molar-refractivity contribution is 0.102. The number of carbonyl (C=O) groups excluding carboxylic acids is 1. The number of ether oxygens (including phenoxy) is 2. The van der Waals surface area contributed by atoms with E-state index in [1.807, 2.05) is 0 Å². The van der Waals surface area contributed by atoms with Gasteiger partial charge in [-0.15, -0.1) is 0 Å². The van der Waals surface area contributed by atoms with Crippen LogP contribution in [-0.4, -0.2) is 49.8 Å². The van der Waals surface area contributed by atoms with E-state index in [0.717, 1.165) is 18.5 Å². The minimum atomic E-state index is -3.03. The summed E-state index contributed by atoms with van der Waals surface area (Å²) < 4.78 is 36.0. The highest BCUT2D eigenvalue weighted by Crippen LogP contribution is 2.42. The Balaban J connectivity index is 1.61. The number of rotatable bonds is 6. The van der Waals surface area contributed by atoms with Crippen LogP contribution in [-0.2, 0) is 9.84 Å². The summed E-state index contributed by atoms with van der Waals surface area (Å²) in [5.74, 6) is 1.34. The number of amides is 1. The Bertz CT molecular complexity index is 1010. The van der Waals surface area contributed by atoms with E-state index in [0.29, 0.717) is 29.5 Å². The van der Waals surface area contributed by atoms with Crippen molar-refractivity contribution in [3.63, 3.8) is 0 Å². The van der Waals surface area contributed by atoms with Gasteiger partial charge in [-0.1, -0.05) is 0 Å². The van der Waals surface area contributed by atoms with Gasteiger partial charge in [0, 0.05) is 17.7 Å². The zero-order valence-electron chi connectivity index (χ0n) is 15.8. The lowest BCUT2D eigenvalue weighted by Crippen LogP contribution is -2.17. The number of hydrogen-bond donors (Lipinski definition) is 1. The van der Waals surface area contributed by atoms with Crippen molar-refractivity contribution in [3.05, 3.63) is 35.7 Å². The van der Waals surface area contributed by atoms with Crippen LogP contribution in [0.5, 0.6) is 11.5 Å². The van der Waals surface area contributed by atoms with Crippen LogP contribution in [0.15, 0.2) is 24.3 Å². The van der Waals surface area contributed by atoms with Crippen molar-refractivity contribution in [3.8, 4) is 11.5 Å². The second-order valence-corrected chi connectivity index (χ2v) is 9.48. The molecule has 1 N–H and O–H groups in total. The molecular formula is C19H23N3O5S. The molecule has 2 aromatic rings. The number of nitrogens with zero attached hydrogens (tertiary/aromatic N) is 2. The largest absolute Gasteiger partial charge is 0.497 e. The van der Waals surface area contributed by atoms with Crippen molar-refractivity contribution in [2.75, 3.05) is 31.0 Å². The summed E-state index contributed by atoms with van der Waals surface area (Å²) in [6.07, 6.45) is 2.61. The number of benzene rings is 1. The highest BCUT2D eigenvalue weighted by atomic mass is 32.2. The summed E-state index contributed by atoms with van der Waals surface area (Å²) in [6.45, 7) is 0. The average Bonchev–Trinajstić information content (AvgIpc) is 3.32. The van der Waals surface area contributed by atoms with Crippen molar-refractivity contribution in [1.82, 2.24) is 9.78 Å². The van der Waals surface area contributed by atoms with Gasteiger partial charge in [0.2, 0.25) is 0 Å². The first-order valence-corrected chi connectivity index (χ1v) is 11.1. The molecule has 1 aliphatic carbocycles. The van der Waals surface area contributed by atoms with Crippen molar-refractivity contribution < 1.29 is 22.7 Å². The van der Waals surface area contributed by atoms with Gasteiger partial charge in [-0.2, -0.15) is 5.10 Å². The molecule has 9 heteroatoms. The summed E-state index contributed by atoms with van der Waals surface area (Å²) in [4.78, 5) is 12.8. The Labute approximate surface area is 163 Å². The lowest BCUT2D eigenvalue weighted by Gasteiger charge is -2.12. The Hall–Kier alpha value is -2.55. The van der Waals surface area contributed by atoms with Gasteiger partial charge in [-0.25, -0.2) is 8.42 Å². The molecule has 150 valence electrons. The van der Waals surface area contributed by atoms with Crippen molar-refractivity contribution in [2.24, 2.45) is 0 Å². The maximum Gasteiger partial charge on any atom is 0.276 e. The lowest BCUT2D eigenvalue weighted by atomic mass is 10.2. The van der Waals surface area contributed by atoms with Crippen LogP contribution in [0.4, 0.5) is 5.69 Å². The van der Waals surface area contributed by atoms with Gasteiger partial charge in [0.1, 0.15) is 11.5 Å². The van der Waals surface area contributed by atoms with Crippen LogP contribution in [0.1, 0.15) is 47.4 Å². The molecule has 1 atom stereocenters. The first kappa shape index (κ1) is 18.8. The number of nitrogens with one attached hydrogen (secondary N) is 1. The third kappa shape index (κ3) is 3.71. The van der Waals surface area contributed by atoms with E-state index in [1.54, 1.807) is 36.1 Å². The summed E-state index contributed by atoms with van der Waals surface area (Å²) in [5.41, 5.74) is 1.71. The minimum Gasteiger partial charge on any atom is -0.497 e. The molecule has 1 unspecified atom stereocenters. The Morgan fingerprint density at radius 2 is 1.96 bits per heavy atom. The number of anilines is 1. The van der Waals surface area contributed by atoms with Crippen LogP contribution >= 0.6 is 0 Å². The quantitative estimate of drug-likeness (QED) is 0.792. The van der Waals surface area contributed by atoms with E-state index in [9.17, 15) is 13.2 Å². The second kappa shape index (κ2) is 7.12. The van der Waals surface area contributed by atoms with E-state index in [4.69, 9.17) is 9.47 Å². The predicted molar refractivity (Wildman–Crippen MR) is 104 cm³/mol. The van der Waals surface area contributed by atoms with Crippen LogP contribution in [0.2, 0.25) is 0 Å². The van der Waals surface area contributed by atoms with Gasteiger partial charge in [0.25, 0.3) is 5.91 Å². The molecule has 28 heavy (non-hydrogen) atoms. The van der Waals surface area contributed by atoms with E-state index in [1.165, 1.54) is 7.11 Å². The van der Waals surface area contributed by atoms with Crippen LogP contribution in [0, 0.1) is 0 Å². The summed E-state index contributed by atoms with van der Waals surface area (Å²) in [6, 6.07) is 6.72. The maximum atomic E-state index is 12.8. The molecule has 2 fully saturated rings. The van der Waals surface area contributed by atoms with Gasteiger partial charge in [-0.3, -0.25) is 9.48 Å². The Kier molecular flexibility index (Phi) is 4.78. The molecule has 2 aliphatic rings. The molecule has 1 saturated carbocycles. The van der Waals surface area contributed by atoms with Crippen LogP contribution < -0.4 is 14.8 Å². The first-order valence-electron chi connectivity index (χ1n) is 9.23.